The first kappa shape index (κ1) is 23.2. The second-order valence-electron chi connectivity index (χ2n) is 7.83. The lowest BCUT2D eigenvalue weighted by Gasteiger charge is -2.23. The minimum atomic E-state index is -1.27. The largest absolute Gasteiger partial charge is 0.493 e. The molecule has 4 rings (SSSR count). The summed E-state index contributed by atoms with van der Waals surface area (Å²) >= 11 is 1.27. The minimum absolute atomic E-state index is 0.0232. The number of amides is 4. The quantitative estimate of drug-likeness (QED) is 0.516. The first-order valence-electron chi connectivity index (χ1n) is 10.4. The number of imide groups is 1. The molecule has 1 aliphatic rings. The van der Waals surface area contributed by atoms with E-state index >= 15 is 0 Å². The third-order valence-electron chi connectivity index (χ3n) is 5.62. The third kappa shape index (κ3) is 4.08. The van der Waals surface area contributed by atoms with Crippen molar-refractivity contribution in [3.05, 3.63) is 65.2 Å². The molecule has 1 aliphatic heterocycles. The minimum Gasteiger partial charge on any atom is -0.493 e. The molecule has 2 aromatic carbocycles. The van der Waals surface area contributed by atoms with E-state index in [2.05, 4.69) is 10.3 Å². The van der Waals surface area contributed by atoms with Gasteiger partial charge in [0.05, 0.1) is 32.1 Å². The van der Waals surface area contributed by atoms with Crippen LogP contribution in [0.25, 0.3) is 0 Å². The molecule has 1 aromatic heterocycles. The molecule has 1 N–H and O–H groups in total. The van der Waals surface area contributed by atoms with Crippen LogP contribution in [0.4, 0.5) is 15.6 Å². The van der Waals surface area contributed by atoms with Gasteiger partial charge in [-0.2, -0.15) is 0 Å². The zero-order valence-corrected chi connectivity index (χ0v) is 20.0. The maximum atomic E-state index is 13.3. The average Bonchev–Trinajstić information content (AvgIpc) is 3.37. The number of carbonyl (C=O) groups is 3. The zero-order valence-electron chi connectivity index (χ0n) is 19.2. The summed E-state index contributed by atoms with van der Waals surface area (Å²) in [4.78, 5) is 45.6. The van der Waals surface area contributed by atoms with Gasteiger partial charge in [0.15, 0.2) is 16.6 Å². The van der Waals surface area contributed by atoms with Crippen molar-refractivity contribution in [1.29, 1.82) is 0 Å². The van der Waals surface area contributed by atoms with E-state index in [1.807, 2.05) is 30.3 Å². The van der Waals surface area contributed by atoms with Gasteiger partial charge in [-0.3, -0.25) is 19.4 Å². The number of aromatic nitrogens is 1. The lowest BCUT2D eigenvalue weighted by atomic mass is 9.91. The van der Waals surface area contributed by atoms with Gasteiger partial charge < -0.3 is 14.8 Å². The molecule has 0 aliphatic carbocycles. The Kier molecular flexibility index (Phi) is 6.25. The highest BCUT2D eigenvalue weighted by Gasteiger charge is 2.49. The van der Waals surface area contributed by atoms with Crippen molar-refractivity contribution in [2.45, 2.75) is 25.9 Å². The Balaban J connectivity index is 1.58. The number of hydrogen-bond acceptors (Lipinski definition) is 7. The highest BCUT2D eigenvalue weighted by atomic mass is 32.1. The van der Waals surface area contributed by atoms with Gasteiger partial charge >= 0.3 is 6.03 Å². The molecule has 0 spiro atoms. The van der Waals surface area contributed by atoms with Crippen LogP contribution in [0, 0.1) is 0 Å². The molecular formula is C24H24N4O5S. The molecule has 1 fully saturated rings. The van der Waals surface area contributed by atoms with Crippen molar-refractivity contribution < 1.29 is 23.9 Å². The molecule has 2 heterocycles. The Hall–Kier alpha value is -3.92. The Labute approximate surface area is 200 Å². The Bertz CT molecular complexity index is 1250. The van der Waals surface area contributed by atoms with Crippen molar-refractivity contribution in [3.63, 3.8) is 0 Å². The van der Waals surface area contributed by atoms with Crippen LogP contribution in [0.5, 0.6) is 11.5 Å². The molecule has 4 amide bonds. The van der Waals surface area contributed by atoms with Crippen LogP contribution in [-0.4, -0.2) is 41.9 Å². The van der Waals surface area contributed by atoms with Crippen LogP contribution in [0.1, 0.15) is 25.1 Å². The average molecular weight is 481 g/mol. The normalized spacial score (nSPS) is 17.5. The number of para-hydroxylation sites is 1. The number of nitrogens with one attached hydrogen (secondary N) is 1. The summed E-state index contributed by atoms with van der Waals surface area (Å²) in [5.41, 5.74) is 0.483. The summed E-state index contributed by atoms with van der Waals surface area (Å²) in [6, 6.07) is 13.7. The van der Waals surface area contributed by atoms with Crippen LogP contribution in [-0.2, 0) is 21.7 Å². The maximum Gasteiger partial charge on any atom is 0.325 e. The van der Waals surface area contributed by atoms with E-state index in [-0.39, 0.29) is 12.5 Å². The number of thiazole rings is 1. The fourth-order valence-electron chi connectivity index (χ4n) is 3.82. The van der Waals surface area contributed by atoms with E-state index in [1.165, 1.54) is 37.4 Å². The highest BCUT2D eigenvalue weighted by molar-refractivity contribution is 7.14. The summed E-state index contributed by atoms with van der Waals surface area (Å²) in [6.07, 6.45) is 0. The lowest BCUT2D eigenvalue weighted by Crippen LogP contribution is -2.40. The molecule has 0 saturated carbocycles. The topological polar surface area (TPSA) is 101 Å². The third-order valence-corrected chi connectivity index (χ3v) is 6.49. The van der Waals surface area contributed by atoms with Crippen LogP contribution in [0.3, 0.4) is 0 Å². The van der Waals surface area contributed by atoms with Crippen molar-refractivity contribution in [1.82, 2.24) is 15.2 Å². The number of anilines is 2. The number of urea groups is 1. The van der Waals surface area contributed by atoms with Crippen molar-refractivity contribution in [3.8, 4) is 11.5 Å². The molecule has 0 bridgehead atoms. The smallest absolute Gasteiger partial charge is 0.325 e. The first-order valence-corrected chi connectivity index (χ1v) is 11.3. The van der Waals surface area contributed by atoms with Crippen LogP contribution >= 0.6 is 11.3 Å². The summed E-state index contributed by atoms with van der Waals surface area (Å²) < 4.78 is 10.6. The van der Waals surface area contributed by atoms with Crippen molar-refractivity contribution >= 4 is 40.0 Å². The molecule has 0 radical (unpaired) electrons. The van der Waals surface area contributed by atoms with Gasteiger partial charge in [-0.15, -0.1) is 11.3 Å². The monoisotopic (exact) mass is 480 g/mol. The number of benzene rings is 2. The number of rotatable bonds is 7. The van der Waals surface area contributed by atoms with Gasteiger partial charge in [0.1, 0.15) is 5.54 Å². The summed E-state index contributed by atoms with van der Waals surface area (Å²) in [5, 5.41) is 4.98. The van der Waals surface area contributed by atoms with Gasteiger partial charge in [-0.1, -0.05) is 24.3 Å². The SMILES string of the molecule is COc1ccc(C2(C)NC(=O)N(Cc3csc(N(C(C)=O)c4ccccc4)n3)C2=O)cc1OC. The van der Waals surface area contributed by atoms with E-state index in [4.69, 9.17) is 9.47 Å². The highest BCUT2D eigenvalue weighted by Crippen LogP contribution is 2.36. The van der Waals surface area contributed by atoms with Crippen LogP contribution < -0.4 is 19.7 Å². The van der Waals surface area contributed by atoms with Crippen LogP contribution in [0.15, 0.2) is 53.9 Å². The summed E-state index contributed by atoms with van der Waals surface area (Å²) in [7, 11) is 3.03. The van der Waals surface area contributed by atoms with Gasteiger partial charge in [-0.25, -0.2) is 9.78 Å². The van der Waals surface area contributed by atoms with E-state index in [0.717, 1.165) is 4.90 Å². The van der Waals surface area contributed by atoms with Crippen molar-refractivity contribution in [2.75, 3.05) is 19.1 Å². The molecule has 10 heteroatoms. The Morgan fingerprint density at radius 3 is 2.47 bits per heavy atom. The number of methoxy groups -OCH3 is 2. The molecular weight excluding hydrogens is 456 g/mol. The first-order chi connectivity index (χ1) is 16.3. The van der Waals surface area contributed by atoms with Gasteiger partial charge in [0, 0.05) is 12.3 Å². The predicted molar refractivity (Wildman–Crippen MR) is 127 cm³/mol. The molecule has 9 nitrogen and oxygen atoms in total. The second-order valence-corrected chi connectivity index (χ2v) is 8.66. The standard InChI is InChI=1S/C24H24N4O5S/c1-15(29)28(18-8-6-5-7-9-18)23-25-17(14-34-23)13-27-21(30)24(2,26-22(27)31)16-10-11-19(32-3)20(12-16)33-4/h5-12,14H,13H2,1-4H3,(H,26,31). The van der Waals surface area contributed by atoms with Crippen LogP contribution in [0.2, 0.25) is 0 Å². The molecule has 1 unspecified atom stereocenters. The lowest BCUT2D eigenvalue weighted by molar-refractivity contribution is -0.131. The van der Waals surface area contributed by atoms with Gasteiger partial charge in [-0.05, 0) is 36.8 Å². The zero-order chi connectivity index (χ0) is 24.5. The van der Waals surface area contributed by atoms with E-state index in [9.17, 15) is 14.4 Å². The maximum absolute atomic E-state index is 13.3. The van der Waals surface area contributed by atoms with Gasteiger partial charge in [0.2, 0.25) is 5.91 Å². The predicted octanol–water partition coefficient (Wildman–Crippen LogP) is 3.81. The van der Waals surface area contributed by atoms with Crippen molar-refractivity contribution in [2.24, 2.45) is 0 Å². The summed E-state index contributed by atoms with van der Waals surface area (Å²) in [5.74, 6) is 0.372. The number of hydrogen-bond donors (Lipinski definition) is 1. The summed E-state index contributed by atoms with van der Waals surface area (Å²) in [6.45, 7) is 3.08. The molecule has 1 saturated heterocycles. The molecule has 1 atom stereocenters. The van der Waals surface area contributed by atoms with E-state index in [1.54, 1.807) is 30.5 Å². The molecule has 34 heavy (non-hydrogen) atoms. The molecule has 3 aromatic rings. The van der Waals surface area contributed by atoms with E-state index in [0.29, 0.717) is 33.6 Å². The Morgan fingerprint density at radius 1 is 1.12 bits per heavy atom. The Morgan fingerprint density at radius 2 is 1.82 bits per heavy atom. The van der Waals surface area contributed by atoms with Gasteiger partial charge in [0.25, 0.3) is 5.91 Å². The number of nitrogens with zero attached hydrogens (tertiary/aromatic N) is 3. The fraction of sp³-hybridized carbons (Fsp3) is 0.250. The number of ether oxygens (including phenoxy) is 2. The van der Waals surface area contributed by atoms with E-state index < -0.39 is 17.5 Å². The second kappa shape index (κ2) is 9.14. The molecule has 176 valence electrons. The fourth-order valence-corrected chi connectivity index (χ4v) is 4.70. The number of carbonyl (C=O) groups excluding carboxylic acids is 3.